The lowest BCUT2D eigenvalue weighted by atomic mass is 10.1. The molecule has 0 fully saturated rings. The van der Waals surface area contributed by atoms with Crippen molar-refractivity contribution >= 4 is 33.2 Å². The number of amides is 2. The monoisotopic (exact) mass is 493 g/mol. The molecule has 0 saturated heterocycles. The second-order valence-electron chi connectivity index (χ2n) is 8.61. The van der Waals surface area contributed by atoms with Gasteiger partial charge in [0.15, 0.2) is 0 Å². The molecule has 0 unspecified atom stereocenters. The molecule has 3 aromatic carbocycles. The third-order valence-electron chi connectivity index (χ3n) is 5.48. The van der Waals surface area contributed by atoms with Gasteiger partial charge in [-0.25, -0.2) is 8.42 Å². The number of benzene rings is 3. The zero-order chi connectivity index (χ0) is 25.6. The number of hydrogen-bond acceptors (Lipinski definition) is 4. The van der Waals surface area contributed by atoms with Gasteiger partial charge in [-0.3, -0.25) is 9.59 Å². The number of nitrogens with zero attached hydrogens (tertiary/aromatic N) is 1. The molecular formula is C27H31N3O4S. The Bertz CT molecular complexity index is 1300. The Kier molecular flexibility index (Phi) is 8.43. The van der Waals surface area contributed by atoms with Crippen molar-refractivity contribution in [2.75, 3.05) is 23.7 Å². The molecule has 0 aliphatic rings. The number of carbonyl (C=O) groups excluding carboxylic acids is 2. The Labute approximate surface area is 207 Å². The Hall–Kier alpha value is -3.49. The average molecular weight is 494 g/mol. The molecule has 3 aromatic rings. The summed E-state index contributed by atoms with van der Waals surface area (Å²) >= 11 is 0. The van der Waals surface area contributed by atoms with Gasteiger partial charge in [-0.15, -0.1) is 0 Å². The van der Waals surface area contributed by atoms with Crippen LogP contribution in [0.25, 0.3) is 0 Å². The lowest BCUT2D eigenvalue weighted by Crippen LogP contribution is -2.39. The van der Waals surface area contributed by atoms with Crippen molar-refractivity contribution in [1.82, 2.24) is 4.31 Å². The van der Waals surface area contributed by atoms with E-state index in [9.17, 15) is 18.0 Å². The third kappa shape index (κ3) is 7.00. The zero-order valence-corrected chi connectivity index (χ0v) is 21.3. The van der Waals surface area contributed by atoms with Crippen molar-refractivity contribution in [2.45, 2.75) is 39.0 Å². The van der Waals surface area contributed by atoms with Gasteiger partial charge in [-0.1, -0.05) is 54.1 Å². The summed E-state index contributed by atoms with van der Waals surface area (Å²) in [5.41, 5.74) is 4.26. The minimum atomic E-state index is -3.95. The highest BCUT2D eigenvalue weighted by Crippen LogP contribution is 2.26. The van der Waals surface area contributed by atoms with Crippen LogP contribution in [0.15, 0.2) is 71.6 Å². The number of aryl methyl sites for hydroxylation is 3. The lowest BCUT2D eigenvalue weighted by molar-refractivity contribution is -0.116. The first-order chi connectivity index (χ1) is 16.6. The molecule has 184 valence electrons. The molecule has 0 saturated carbocycles. The van der Waals surface area contributed by atoms with Gasteiger partial charge in [0, 0.05) is 24.8 Å². The SMILES string of the molecule is CC(=O)Nc1cccc(NC(=O)CN(CCc2ccccc2)S(=O)(=O)c2c(C)cc(C)cc2C)c1. The quantitative estimate of drug-likeness (QED) is 0.461. The van der Waals surface area contributed by atoms with Crippen LogP contribution in [0.3, 0.4) is 0 Å². The number of nitrogens with one attached hydrogen (secondary N) is 2. The molecule has 0 radical (unpaired) electrons. The van der Waals surface area contributed by atoms with Crippen LogP contribution >= 0.6 is 0 Å². The summed E-state index contributed by atoms with van der Waals surface area (Å²) < 4.78 is 28.8. The minimum Gasteiger partial charge on any atom is -0.326 e. The van der Waals surface area contributed by atoms with Crippen LogP contribution in [0.5, 0.6) is 0 Å². The van der Waals surface area contributed by atoms with Gasteiger partial charge in [0.25, 0.3) is 0 Å². The maximum atomic E-state index is 13.8. The molecule has 35 heavy (non-hydrogen) atoms. The first kappa shape index (κ1) is 26.1. The fourth-order valence-corrected chi connectivity index (χ4v) is 5.93. The summed E-state index contributed by atoms with van der Waals surface area (Å²) in [6.45, 7) is 6.68. The van der Waals surface area contributed by atoms with Gasteiger partial charge in [0.1, 0.15) is 0 Å². The molecule has 0 spiro atoms. The standard InChI is InChI=1S/C27H31N3O4S/c1-19-15-20(2)27(21(3)16-19)35(33,34)30(14-13-23-9-6-5-7-10-23)18-26(32)29-25-12-8-11-24(17-25)28-22(4)31/h5-12,15-17H,13-14,18H2,1-4H3,(H,28,31)(H,29,32). The fraction of sp³-hybridized carbons (Fsp3) is 0.259. The number of sulfonamides is 1. The smallest absolute Gasteiger partial charge is 0.244 e. The van der Waals surface area contributed by atoms with Crippen molar-refractivity contribution in [3.8, 4) is 0 Å². The first-order valence-corrected chi connectivity index (χ1v) is 12.8. The number of hydrogen-bond donors (Lipinski definition) is 2. The summed E-state index contributed by atoms with van der Waals surface area (Å²) in [6, 6.07) is 19.9. The Morgan fingerprint density at radius 2 is 1.43 bits per heavy atom. The fourth-order valence-electron chi connectivity index (χ4n) is 4.12. The van der Waals surface area contributed by atoms with E-state index < -0.39 is 15.9 Å². The summed E-state index contributed by atoms with van der Waals surface area (Å²) in [5, 5.41) is 5.41. The van der Waals surface area contributed by atoms with E-state index in [1.807, 2.05) is 49.4 Å². The van der Waals surface area contributed by atoms with Crippen LogP contribution in [0.1, 0.15) is 29.2 Å². The largest absolute Gasteiger partial charge is 0.326 e. The predicted molar refractivity (Wildman–Crippen MR) is 139 cm³/mol. The molecule has 0 aliphatic heterocycles. The van der Waals surface area contributed by atoms with Crippen LogP contribution in [0, 0.1) is 20.8 Å². The highest BCUT2D eigenvalue weighted by atomic mass is 32.2. The van der Waals surface area contributed by atoms with Crippen molar-refractivity contribution in [1.29, 1.82) is 0 Å². The molecule has 0 aromatic heterocycles. The van der Waals surface area contributed by atoms with E-state index in [1.165, 1.54) is 11.2 Å². The van der Waals surface area contributed by atoms with Gasteiger partial charge in [0.2, 0.25) is 21.8 Å². The van der Waals surface area contributed by atoms with Gasteiger partial charge in [-0.05, 0) is 62.1 Å². The van der Waals surface area contributed by atoms with Crippen molar-refractivity contribution in [3.63, 3.8) is 0 Å². The summed E-state index contributed by atoms with van der Waals surface area (Å²) in [7, 11) is -3.95. The van der Waals surface area contributed by atoms with Crippen molar-refractivity contribution in [3.05, 3.63) is 89.0 Å². The molecule has 7 nitrogen and oxygen atoms in total. The normalized spacial score (nSPS) is 11.3. The number of rotatable bonds is 9. The van der Waals surface area contributed by atoms with Crippen molar-refractivity contribution in [2.24, 2.45) is 0 Å². The average Bonchev–Trinajstić information content (AvgIpc) is 2.76. The molecule has 2 N–H and O–H groups in total. The molecule has 8 heteroatoms. The van der Waals surface area contributed by atoms with E-state index in [4.69, 9.17) is 0 Å². The van der Waals surface area contributed by atoms with E-state index in [0.29, 0.717) is 28.9 Å². The predicted octanol–water partition coefficient (Wildman–Crippen LogP) is 4.44. The third-order valence-corrected chi connectivity index (χ3v) is 7.63. The van der Waals surface area contributed by atoms with E-state index >= 15 is 0 Å². The van der Waals surface area contributed by atoms with Gasteiger partial charge in [-0.2, -0.15) is 4.31 Å². The highest BCUT2D eigenvalue weighted by molar-refractivity contribution is 7.89. The van der Waals surface area contributed by atoms with Crippen LogP contribution in [-0.2, 0) is 26.0 Å². The molecule has 0 heterocycles. The Morgan fingerprint density at radius 3 is 2.03 bits per heavy atom. The number of anilines is 2. The van der Waals surface area contributed by atoms with Crippen molar-refractivity contribution < 1.29 is 18.0 Å². The second kappa shape index (κ2) is 11.3. The van der Waals surface area contributed by atoms with Crippen LogP contribution in [0.2, 0.25) is 0 Å². The molecule has 0 bridgehead atoms. The van der Waals surface area contributed by atoms with Gasteiger partial charge in [0.05, 0.1) is 11.4 Å². The highest BCUT2D eigenvalue weighted by Gasteiger charge is 2.29. The molecule has 2 amide bonds. The van der Waals surface area contributed by atoms with E-state index in [2.05, 4.69) is 10.6 Å². The summed E-state index contributed by atoms with van der Waals surface area (Å²) in [5.74, 6) is -0.695. The topological polar surface area (TPSA) is 95.6 Å². The zero-order valence-electron chi connectivity index (χ0n) is 20.5. The van der Waals surface area contributed by atoms with Crippen LogP contribution in [-0.4, -0.2) is 37.6 Å². The van der Waals surface area contributed by atoms with Gasteiger partial charge >= 0.3 is 0 Å². The lowest BCUT2D eigenvalue weighted by Gasteiger charge is -2.24. The maximum absolute atomic E-state index is 13.8. The number of carbonyl (C=O) groups is 2. The maximum Gasteiger partial charge on any atom is 0.244 e. The molecule has 0 aliphatic carbocycles. The van der Waals surface area contributed by atoms with E-state index in [-0.39, 0.29) is 23.9 Å². The van der Waals surface area contributed by atoms with Crippen LogP contribution < -0.4 is 10.6 Å². The van der Waals surface area contributed by atoms with Gasteiger partial charge < -0.3 is 10.6 Å². The van der Waals surface area contributed by atoms with E-state index in [0.717, 1.165) is 11.1 Å². The summed E-state index contributed by atoms with van der Waals surface area (Å²) in [4.78, 5) is 24.5. The summed E-state index contributed by atoms with van der Waals surface area (Å²) in [6.07, 6.45) is 0.468. The van der Waals surface area contributed by atoms with Crippen LogP contribution in [0.4, 0.5) is 11.4 Å². The van der Waals surface area contributed by atoms with E-state index in [1.54, 1.807) is 38.1 Å². The molecule has 0 atom stereocenters. The molecule has 3 rings (SSSR count). The molecular weight excluding hydrogens is 462 g/mol. The second-order valence-corrected chi connectivity index (χ2v) is 10.5. The minimum absolute atomic E-state index is 0.151. The first-order valence-electron chi connectivity index (χ1n) is 11.4. The Balaban J connectivity index is 1.87. The Morgan fingerprint density at radius 1 is 0.829 bits per heavy atom.